The highest BCUT2D eigenvalue weighted by atomic mass is 32.2. The molecule has 1 aliphatic rings. The van der Waals surface area contributed by atoms with Crippen molar-refractivity contribution in [3.05, 3.63) is 29.6 Å². The van der Waals surface area contributed by atoms with E-state index in [1.54, 1.807) is 0 Å². The number of hydrogen-bond acceptors (Lipinski definition) is 4. The van der Waals surface area contributed by atoms with Gasteiger partial charge in [0.25, 0.3) is 0 Å². The van der Waals surface area contributed by atoms with Crippen LogP contribution in [0.2, 0.25) is 0 Å². The summed E-state index contributed by atoms with van der Waals surface area (Å²) in [5, 5.41) is 4.88. The van der Waals surface area contributed by atoms with Gasteiger partial charge in [-0.1, -0.05) is 33.8 Å². The molecule has 1 aromatic rings. The monoisotopic (exact) mass is 293 g/mol. The van der Waals surface area contributed by atoms with Gasteiger partial charge in [-0.3, -0.25) is 9.88 Å². The molecule has 2 heterocycles. The topological polar surface area (TPSA) is 28.2 Å². The fourth-order valence-corrected chi connectivity index (χ4v) is 4.05. The summed E-state index contributed by atoms with van der Waals surface area (Å²) in [6.07, 6.45) is 0. The molecule has 1 saturated heterocycles. The van der Waals surface area contributed by atoms with E-state index in [0.29, 0.717) is 6.04 Å². The minimum absolute atomic E-state index is 0.501. The molecular weight excluding hydrogens is 266 g/mol. The van der Waals surface area contributed by atoms with Crippen LogP contribution >= 0.6 is 11.8 Å². The second-order valence-corrected chi connectivity index (χ2v) is 7.99. The predicted molar refractivity (Wildman–Crippen MR) is 88.0 cm³/mol. The Morgan fingerprint density at radius 3 is 2.55 bits per heavy atom. The first-order chi connectivity index (χ1) is 9.52. The Morgan fingerprint density at radius 2 is 1.90 bits per heavy atom. The summed E-state index contributed by atoms with van der Waals surface area (Å²) < 4.78 is 0. The number of aromatic nitrogens is 1. The normalized spacial score (nSPS) is 24.2. The number of nitrogens with zero attached hydrogens (tertiary/aromatic N) is 2. The largest absolute Gasteiger partial charge is 0.309 e. The van der Waals surface area contributed by atoms with Crippen LogP contribution in [0.1, 0.15) is 39.1 Å². The summed E-state index contributed by atoms with van der Waals surface area (Å²) in [7, 11) is 0. The first kappa shape index (κ1) is 15.8. The van der Waals surface area contributed by atoms with Crippen molar-refractivity contribution in [2.75, 3.05) is 13.1 Å². The third kappa shape index (κ3) is 5.08. The molecule has 1 aliphatic heterocycles. The Bertz CT molecular complexity index is 412. The molecule has 2 atom stereocenters. The molecule has 112 valence electrons. The number of rotatable bonds is 5. The fourth-order valence-electron chi connectivity index (χ4n) is 2.67. The summed E-state index contributed by atoms with van der Waals surface area (Å²) in [5.41, 5.74) is 2.34. The number of nitrogens with one attached hydrogen (secondary N) is 1. The average molecular weight is 293 g/mol. The fraction of sp³-hybridized carbons (Fsp3) is 0.688. The van der Waals surface area contributed by atoms with Crippen molar-refractivity contribution in [1.82, 2.24) is 15.2 Å². The molecule has 1 fully saturated rings. The zero-order valence-electron chi connectivity index (χ0n) is 13.1. The maximum atomic E-state index is 4.78. The van der Waals surface area contributed by atoms with Gasteiger partial charge in [0.15, 0.2) is 0 Å². The van der Waals surface area contributed by atoms with Crippen LogP contribution in [0, 0.1) is 0 Å². The van der Waals surface area contributed by atoms with E-state index in [2.05, 4.69) is 67.9 Å². The Balaban J connectivity index is 1.93. The van der Waals surface area contributed by atoms with Crippen LogP contribution in [0.3, 0.4) is 0 Å². The van der Waals surface area contributed by atoms with E-state index in [1.165, 1.54) is 18.8 Å². The molecule has 2 rings (SSSR count). The Labute approximate surface area is 127 Å². The zero-order chi connectivity index (χ0) is 14.5. The van der Waals surface area contributed by atoms with Crippen LogP contribution in [0.25, 0.3) is 0 Å². The van der Waals surface area contributed by atoms with Gasteiger partial charge in [0.2, 0.25) is 0 Å². The Morgan fingerprint density at radius 1 is 1.25 bits per heavy atom. The van der Waals surface area contributed by atoms with Gasteiger partial charge in [-0.2, -0.15) is 11.8 Å². The van der Waals surface area contributed by atoms with Crippen molar-refractivity contribution in [2.45, 2.75) is 57.3 Å². The summed E-state index contributed by atoms with van der Waals surface area (Å²) in [4.78, 5) is 7.31. The average Bonchev–Trinajstić information content (AvgIpc) is 2.35. The SMILES string of the molecule is CC(C)NCc1cccc(CN2CC(C)SC(C)C2)n1. The number of thioether (sulfide) groups is 1. The maximum absolute atomic E-state index is 4.78. The third-order valence-corrected chi connectivity index (χ3v) is 4.66. The van der Waals surface area contributed by atoms with Gasteiger partial charge in [-0.15, -0.1) is 0 Å². The molecule has 20 heavy (non-hydrogen) atoms. The van der Waals surface area contributed by atoms with Gasteiger partial charge in [-0.25, -0.2) is 0 Å². The van der Waals surface area contributed by atoms with Crippen LogP contribution in [0.15, 0.2) is 18.2 Å². The summed E-state index contributed by atoms with van der Waals surface area (Å²) >= 11 is 2.10. The van der Waals surface area contributed by atoms with Gasteiger partial charge in [-0.05, 0) is 12.1 Å². The highest BCUT2D eigenvalue weighted by Gasteiger charge is 2.22. The summed E-state index contributed by atoms with van der Waals surface area (Å²) in [6, 6.07) is 6.89. The van der Waals surface area contributed by atoms with Crippen molar-refractivity contribution in [1.29, 1.82) is 0 Å². The third-order valence-electron chi connectivity index (χ3n) is 3.44. The molecule has 0 aliphatic carbocycles. The molecule has 1 aromatic heterocycles. The first-order valence-corrected chi connectivity index (χ1v) is 8.53. The molecule has 2 unspecified atom stereocenters. The van der Waals surface area contributed by atoms with Crippen LogP contribution in [0.5, 0.6) is 0 Å². The quantitative estimate of drug-likeness (QED) is 0.903. The van der Waals surface area contributed by atoms with Gasteiger partial charge in [0.05, 0.1) is 11.4 Å². The lowest BCUT2D eigenvalue weighted by atomic mass is 10.2. The molecule has 0 saturated carbocycles. The van der Waals surface area contributed by atoms with Gasteiger partial charge in [0.1, 0.15) is 0 Å². The van der Waals surface area contributed by atoms with Crippen LogP contribution < -0.4 is 5.32 Å². The van der Waals surface area contributed by atoms with Crippen molar-refractivity contribution in [3.63, 3.8) is 0 Å². The summed E-state index contributed by atoms with van der Waals surface area (Å²) in [5.74, 6) is 0. The molecule has 0 bridgehead atoms. The van der Waals surface area contributed by atoms with Crippen molar-refractivity contribution >= 4 is 11.8 Å². The molecule has 4 heteroatoms. The van der Waals surface area contributed by atoms with Crippen LogP contribution in [-0.4, -0.2) is 39.5 Å². The second kappa shape index (κ2) is 7.43. The molecule has 0 aromatic carbocycles. The lowest BCUT2D eigenvalue weighted by Crippen LogP contribution is -2.40. The smallest absolute Gasteiger partial charge is 0.0547 e. The lowest BCUT2D eigenvalue weighted by Gasteiger charge is -2.34. The van der Waals surface area contributed by atoms with E-state index in [0.717, 1.165) is 29.3 Å². The molecule has 1 N–H and O–H groups in total. The van der Waals surface area contributed by atoms with E-state index in [4.69, 9.17) is 4.98 Å². The maximum Gasteiger partial charge on any atom is 0.0547 e. The molecule has 0 amide bonds. The van der Waals surface area contributed by atoms with Crippen molar-refractivity contribution < 1.29 is 0 Å². The number of hydrogen-bond donors (Lipinski definition) is 1. The van der Waals surface area contributed by atoms with Crippen molar-refractivity contribution in [2.24, 2.45) is 0 Å². The molecular formula is C16H27N3S. The highest BCUT2D eigenvalue weighted by molar-refractivity contribution is 8.00. The minimum Gasteiger partial charge on any atom is -0.309 e. The summed E-state index contributed by atoms with van der Waals surface area (Å²) in [6.45, 7) is 13.2. The highest BCUT2D eigenvalue weighted by Crippen LogP contribution is 2.25. The molecule has 0 spiro atoms. The van der Waals surface area contributed by atoms with E-state index in [1.807, 2.05) is 0 Å². The molecule has 0 radical (unpaired) electrons. The van der Waals surface area contributed by atoms with E-state index >= 15 is 0 Å². The van der Waals surface area contributed by atoms with E-state index < -0.39 is 0 Å². The van der Waals surface area contributed by atoms with Crippen LogP contribution in [-0.2, 0) is 13.1 Å². The standard InChI is InChI=1S/C16H27N3S/c1-12(2)17-8-15-6-5-7-16(18-15)11-19-9-13(3)20-14(4)10-19/h5-7,12-14,17H,8-11H2,1-4H3. The van der Waals surface area contributed by atoms with Crippen LogP contribution in [0.4, 0.5) is 0 Å². The molecule has 3 nitrogen and oxygen atoms in total. The van der Waals surface area contributed by atoms with Gasteiger partial charge < -0.3 is 5.32 Å². The van der Waals surface area contributed by atoms with Gasteiger partial charge in [0, 0.05) is 42.7 Å². The van der Waals surface area contributed by atoms with E-state index in [-0.39, 0.29) is 0 Å². The minimum atomic E-state index is 0.501. The Hall–Kier alpha value is -0.580. The number of pyridine rings is 1. The van der Waals surface area contributed by atoms with Gasteiger partial charge >= 0.3 is 0 Å². The zero-order valence-corrected chi connectivity index (χ0v) is 13.9. The lowest BCUT2D eigenvalue weighted by molar-refractivity contribution is 0.259. The Kier molecular flexibility index (Phi) is 5.87. The predicted octanol–water partition coefficient (Wildman–Crippen LogP) is 2.91. The van der Waals surface area contributed by atoms with E-state index in [9.17, 15) is 0 Å². The first-order valence-electron chi connectivity index (χ1n) is 7.59. The van der Waals surface area contributed by atoms with Crippen molar-refractivity contribution in [3.8, 4) is 0 Å². The second-order valence-electron chi connectivity index (χ2n) is 6.11.